The second-order valence-electron chi connectivity index (χ2n) is 5.17. The molecule has 5 nitrogen and oxygen atoms in total. The molecular formula is C17H15ClN2O3. The highest BCUT2D eigenvalue weighted by molar-refractivity contribution is 6.68. The Bertz CT molecular complexity index is 859. The Kier molecular flexibility index (Phi) is 4.87. The van der Waals surface area contributed by atoms with Gasteiger partial charge in [0.2, 0.25) is 0 Å². The zero-order valence-corrected chi connectivity index (χ0v) is 13.5. The van der Waals surface area contributed by atoms with Gasteiger partial charge in [0, 0.05) is 17.1 Å². The second kappa shape index (κ2) is 6.67. The van der Waals surface area contributed by atoms with Gasteiger partial charge in [-0.1, -0.05) is 25.1 Å². The monoisotopic (exact) mass is 330 g/mol. The van der Waals surface area contributed by atoms with Crippen LogP contribution in [0.5, 0.6) is 0 Å². The molecule has 1 atom stereocenters. The number of hydrogen-bond donors (Lipinski definition) is 1. The molecule has 0 radical (unpaired) electrons. The van der Waals surface area contributed by atoms with E-state index in [1.807, 2.05) is 25.1 Å². The van der Waals surface area contributed by atoms with Crippen LogP contribution in [0.25, 0.3) is 17.0 Å². The van der Waals surface area contributed by atoms with Crippen molar-refractivity contribution in [3.63, 3.8) is 0 Å². The fraction of sp³-hybridized carbons (Fsp3) is 0.235. The number of para-hydroxylation sites is 1. The molecule has 2 aromatic rings. The molecule has 0 fully saturated rings. The van der Waals surface area contributed by atoms with E-state index in [4.69, 9.17) is 16.9 Å². The minimum Gasteiger partial charge on any atom is -0.480 e. The first-order valence-electron chi connectivity index (χ1n) is 7.05. The van der Waals surface area contributed by atoms with Crippen LogP contribution in [-0.4, -0.2) is 20.9 Å². The Hall–Kier alpha value is -2.58. The molecular weight excluding hydrogens is 316 g/mol. The molecule has 1 heterocycles. The number of carbonyl (C=O) groups excluding carboxylic acids is 1. The van der Waals surface area contributed by atoms with Gasteiger partial charge in [-0.05, 0) is 36.6 Å². The Balaban J connectivity index is 2.79. The van der Waals surface area contributed by atoms with E-state index >= 15 is 0 Å². The quantitative estimate of drug-likeness (QED) is 0.515. The third-order valence-corrected chi connectivity index (χ3v) is 3.93. The highest BCUT2D eigenvalue weighted by atomic mass is 35.5. The lowest BCUT2D eigenvalue weighted by Crippen LogP contribution is -2.17. The van der Waals surface area contributed by atoms with Gasteiger partial charge in [0.25, 0.3) is 5.24 Å². The van der Waals surface area contributed by atoms with Crippen molar-refractivity contribution in [1.29, 1.82) is 5.26 Å². The van der Waals surface area contributed by atoms with E-state index in [0.29, 0.717) is 12.0 Å². The predicted octanol–water partition coefficient (Wildman–Crippen LogP) is 3.66. The van der Waals surface area contributed by atoms with Crippen molar-refractivity contribution in [2.45, 2.75) is 26.3 Å². The summed E-state index contributed by atoms with van der Waals surface area (Å²) in [6.45, 7) is 3.68. The van der Waals surface area contributed by atoms with Crippen molar-refractivity contribution in [2.75, 3.05) is 0 Å². The molecule has 6 heteroatoms. The Morgan fingerprint density at radius 3 is 2.70 bits per heavy atom. The summed E-state index contributed by atoms with van der Waals surface area (Å²) in [6.07, 6.45) is 3.45. The van der Waals surface area contributed by atoms with E-state index in [1.54, 1.807) is 23.8 Å². The third-order valence-electron chi connectivity index (χ3n) is 3.72. The van der Waals surface area contributed by atoms with Crippen LogP contribution in [0.2, 0.25) is 0 Å². The van der Waals surface area contributed by atoms with Crippen LogP contribution in [0.15, 0.2) is 30.0 Å². The largest absolute Gasteiger partial charge is 0.480 e. The van der Waals surface area contributed by atoms with Gasteiger partial charge in [-0.3, -0.25) is 4.79 Å². The number of nitriles is 1. The molecule has 0 spiro atoms. The molecule has 1 aromatic carbocycles. The highest BCUT2D eigenvalue weighted by Gasteiger charge is 2.21. The van der Waals surface area contributed by atoms with E-state index in [0.717, 1.165) is 16.5 Å². The molecule has 0 saturated heterocycles. The number of nitrogens with zero attached hydrogens (tertiary/aromatic N) is 2. The Labute approximate surface area is 138 Å². The number of aryl methyl sites for hydroxylation is 1. The molecule has 0 bridgehead atoms. The van der Waals surface area contributed by atoms with Crippen molar-refractivity contribution in [1.82, 2.24) is 4.57 Å². The standard InChI is InChI=1S/C17H15ClN2O3/c1-3-14(17(22)23)20-9-12(7-11(8-19)16(18)21)13-6-4-5-10(2)15(13)20/h4-7,9,14H,3H2,1-2H3,(H,22,23)/b11-7+. The topological polar surface area (TPSA) is 83.1 Å². The number of benzene rings is 1. The van der Waals surface area contributed by atoms with Gasteiger partial charge in [-0.25, -0.2) is 4.79 Å². The van der Waals surface area contributed by atoms with Gasteiger partial charge >= 0.3 is 5.97 Å². The first kappa shape index (κ1) is 16.8. The van der Waals surface area contributed by atoms with Crippen molar-refractivity contribution in [3.05, 3.63) is 41.1 Å². The zero-order chi connectivity index (χ0) is 17.1. The number of carbonyl (C=O) groups is 2. The van der Waals surface area contributed by atoms with Crippen molar-refractivity contribution >= 4 is 39.8 Å². The number of aliphatic carboxylic acids is 1. The number of fused-ring (bicyclic) bond motifs is 1. The van der Waals surface area contributed by atoms with Crippen LogP contribution >= 0.6 is 11.6 Å². The molecule has 1 N–H and O–H groups in total. The molecule has 1 unspecified atom stereocenters. The molecule has 1 aromatic heterocycles. The summed E-state index contributed by atoms with van der Waals surface area (Å²) in [7, 11) is 0. The number of aromatic nitrogens is 1. The minimum absolute atomic E-state index is 0.185. The van der Waals surface area contributed by atoms with Crippen LogP contribution in [0, 0.1) is 18.3 Å². The molecule has 0 amide bonds. The summed E-state index contributed by atoms with van der Waals surface area (Å²) < 4.78 is 1.67. The molecule has 0 aliphatic carbocycles. The smallest absolute Gasteiger partial charge is 0.326 e. The Morgan fingerprint density at radius 1 is 1.48 bits per heavy atom. The number of hydrogen-bond acceptors (Lipinski definition) is 3. The average molecular weight is 331 g/mol. The summed E-state index contributed by atoms with van der Waals surface area (Å²) in [4.78, 5) is 22.8. The third kappa shape index (κ3) is 3.13. The van der Waals surface area contributed by atoms with Gasteiger partial charge in [-0.2, -0.15) is 5.26 Å². The number of rotatable bonds is 5. The van der Waals surface area contributed by atoms with Gasteiger partial charge in [0.15, 0.2) is 0 Å². The second-order valence-corrected chi connectivity index (χ2v) is 5.51. The lowest BCUT2D eigenvalue weighted by molar-refractivity contribution is -0.140. The van der Waals surface area contributed by atoms with E-state index in [2.05, 4.69) is 0 Å². The molecule has 23 heavy (non-hydrogen) atoms. The average Bonchev–Trinajstić information content (AvgIpc) is 2.85. The van der Waals surface area contributed by atoms with Crippen LogP contribution in [0.3, 0.4) is 0 Å². The van der Waals surface area contributed by atoms with Crippen molar-refractivity contribution < 1.29 is 14.7 Å². The van der Waals surface area contributed by atoms with Crippen LogP contribution < -0.4 is 0 Å². The summed E-state index contributed by atoms with van der Waals surface area (Å²) in [6, 6.07) is 6.59. The van der Waals surface area contributed by atoms with Crippen molar-refractivity contribution in [2.24, 2.45) is 0 Å². The van der Waals surface area contributed by atoms with Gasteiger partial charge in [0.05, 0.1) is 5.52 Å². The normalized spacial score (nSPS) is 12.9. The van der Waals surface area contributed by atoms with Crippen molar-refractivity contribution in [3.8, 4) is 6.07 Å². The highest BCUT2D eigenvalue weighted by Crippen LogP contribution is 2.30. The lowest BCUT2D eigenvalue weighted by Gasteiger charge is -2.14. The molecule has 118 valence electrons. The molecule has 0 aliphatic heterocycles. The maximum atomic E-state index is 11.5. The first-order chi connectivity index (χ1) is 10.9. The lowest BCUT2D eigenvalue weighted by atomic mass is 10.1. The number of carboxylic acids is 1. The summed E-state index contributed by atoms with van der Waals surface area (Å²) >= 11 is 5.39. The van der Waals surface area contributed by atoms with Gasteiger partial charge in [-0.15, -0.1) is 0 Å². The van der Waals surface area contributed by atoms with E-state index in [1.165, 1.54) is 6.08 Å². The van der Waals surface area contributed by atoms with E-state index in [9.17, 15) is 14.7 Å². The predicted molar refractivity (Wildman–Crippen MR) is 88.1 cm³/mol. The van der Waals surface area contributed by atoms with E-state index < -0.39 is 17.3 Å². The minimum atomic E-state index is -0.933. The number of halogens is 1. The van der Waals surface area contributed by atoms with Crippen LogP contribution in [-0.2, 0) is 9.59 Å². The SMILES string of the molecule is CCC(C(=O)O)n1cc(/C=C(\C#N)C(=O)Cl)c2cccc(C)c21. The first-order valence-corrected chi connectivity index (χ1v) is 7.43. The number of allylic oxidation sites excluding steroid dienone is 1. The van der Waals surface area contributed by atoms with Crippen LogP contribution in [0.1, 0.15) is 30.5 Å². The summed E-state index contributed by atoms with van der Waals surface area (Å²) in [5, 5.41) is 18.4. The van der Waals surface area contributed by atoms with Crippen LogP contribution in [0.4, 0.5) is 0 Å². The fourth-order valence-corrected chi connectivity index (χ4v) is 2.75. The summed E-state index contributed by atoms with van der Waals surface area (Å²) in [5.41, 5.74) is 2.09. The number of carboxylic acid groups (broad SMARTS) is 1. The molecule has 2 rings (SSSR count). The fourth-order valence-electron chi connectivity index (χ4n) is 2.66. The van der Waals surface area contributed by atoms with Gasteiger partial charge < -0.3 is 9.67 Å². The molecule has 0 saturated carbocycles. The van der Waals surface area contributed by atoms with E-state index in [-0.39, 0.29) is 5.57 Å². The zero-order valence-electron chi connectivity index (χ0n) is 12.7. The summed E-state index contributed by atoms with van der Waals surface area (Å²) in [5.74, 6) is -0.933. The maximum Gasteiger partial charge on any atom is 0.326 e. The maximum absolute atomic E-state index is 11.5. The molecule has 0 aliphatic rings. The van der Waals surface area contributed by atoms with Gasteiger partial charge in [0.1, 0.15) is 17.7 Å². The Morgan fingerprint density at radius 2 is 2.17 bits per heavy atom.